The lowest BCUT2D eigenvalue weighted by Gasteiger charge is -2.01. The second kappa shape index (κ2) is 28.2. The Kier molecular flexibility index (Phi) is 27.7. The molecule has 0 aliphatic carbocycles. The van der Waals surface area contributed by atoms with Crippen LogP contribution in [-0.4, -0.2) is 38.7 Å². The van der Waals surface area contributed by atoms with E-state index in [-0.39, 0.29) is 7.43 Å². The van der Waals surface area contributed by atoms with Gasteiger partial charge in [0.1, 0.15) is 0 Å². The number of alkyl halides is 1. The molecule has 0 amide bonds. The number of ether oxygens (including phenoxy) is 2. The van der Waals surface area contributed by atoms with Crippen LogP contribution in [0.15, 0.2) is 98.5 Å². The third-order valence-corrected chi connectivity index (χ3v) is 4.07. The summed E-state index contributed by atoms with van der Waals surface area (Å²) in [6.07, 6.45) is 13.0. The van der Waals surface area contributed by atoms with Crippen LogP contribution in [0.2, 0.25) is 0 Å². The van der Waals surface area contributed by atoms with E-state index in [0.29, 0.717) is 19.0 Å². The molecule has 0 fully saturated rings. The van der Waals surface area contributed by atoms with Gasteiger partial charge in [0.05, 0.1) is 25.7 Å². The number of benzene rings is 2. The van der Waals surface area contributed by atoms with Gasteiger partial charge in [-0.05, 0) is 37.1 Å². The molecule has 0 radical (unpaired) electrons. The summed E-state index contributed by atoms with van der Waals surface area (Å²) in [5.41, 5.74) is 7.59. The number of rotatable bonds is 14. The Balaban J connectivity index is 0. The Morgan fingerprint density at radius 3 is 1.76 bits per heavy atom. The van der Waals surface area contributed by atoms with Crippen molar-refractivity contribution in [2.75, 3.05) is 38.7 Å². The van der Waals surface area contributed by atoms with E-state index in [1.54, 1.807) is 0 Å². The third-order valence-electron chi connectivity index (χ3n) is 3.89. The normalized spacial score (nSPS) is 9.71. The molecule has 0 aliphatic rings. The van der Waals surface area contributed by atoms with Gasteiger partial charge in [-0.2, -0.15) is 0 Å². The van der Waals surface area contributed by atoms with Crippen LogP contribution in [0.3, 0.4) is 0 Å². The van der Waals surface area contributed by atoms with E-state index in [9.17, 15) is 0 Å². The highest BCUT2D eigenvalue weighted by molar-refractivity contribution is 6.19. The highest BCUT2D eigenvalue weighted by Crippen LogP contribution is 2.01. The molecule has 2 rings (SSSR count). The first kappa shape index (κ1) is 33.4. The van der Waals surface area contributed by atoms with Gasteiger partial charge in [-0.1, -0.05) is 106 Å². The van der Waals surface area contributed by atoms with E-state index in [1.165, 1.54) is 23.7 Å². The number of allylic oxidation sites excluding steroid dienone is 1. The summed E-state index contributed by atoms with van der Waals surface area (Å²) in [6, 6.07) is 20.4. The molecule has 0 atom stereocenters. The molecule has 4 nitrogen and oxygen atoms in total. The summed E-state index contributed by atoms with van der Waals surface area (Å²) in [6.45, 7) is 10.8. The first-order valence-corrected chi connectivity index (χ1v) is 11.7. The van der Waals surface area contributed by atoms with Gasteiger partial charge in [-0.3, -0.25) is 0 Å². The van der Waals surface area contributed by atoms with Crippen LogP contribution < -0.4 is 11.1 Å². The van der Waals surface area contributed by atoms with E-state index in [1.807, 2.05) is 60.7 Å². The molecule has 0 saturated heterocycles. The molecule has 188 valence electrons. The summed E-state index contributed by atoms with van der Waals surface area (Å²) < 4.78 is 9.77. The average molecular weight is 487 g/mol. The quantitative estimate of drug-likeness (QED) is 0.173. The molecule has 0 bridgehead atoms. The summed E-state index contributed by atoms with van der Waals surface area (Å²) in [7, 11) is 0. The van der Waals surface area contributed by atoms with Gasteiger partial charge >= 0.3 is 0 Å². The van der Waals surface area contributed by atoms with Crippen molar-refractivity contribution in [3.63, 3.8) is 0 Å². The molecule has 0 unspecified atom stereocenters. The highest BCUT2D eigenvalue weighted by Gasteiger charge is 1.86. The standard InChI is InChI=1S/C14H19NO.C9H9Cl.C5H11NO.CH4/c1-2-16-13-7-12-15-11-6-10-14-8-4-3-5-9-14;10-8-4-7-9-5-2-1-3-6-9;1-2-7-5-3-4-6;/h2-6,8-10,15H,1,7,11-13H2;1-7H,8H2;2H,1,3-6H2;1H4/b10-6+;7-4+;;. The Hall–Kier alpha value is -2.79. The van der Waals surface area contributed by atoms with Crippen LogP contribution in [0.25, 0.3) is 12.2 Å². The van der Waals surface area contributed by atoms with Crippen LogP contribution in [0, 0.1) is 0 Å². The zero-order valence-corrected chi connectivity index (χ0v) is 20.3. The van der Waals surface area contributed by atoms with E-state index < -0.39 is 0 Å². The SMILES string of the molecule is C.C=COCCCN.C=COCCCNC/C=C/c1ccccc1.ClC/C=C/c1ccccc1. The molecule has 0 aromatic heterocycles. The summed E-state index contributed by atoms with van der Waals surface area (Å²) in [4.78, 5) is 0. The maximum atomic E-state index is 5.46. The summed E-state index contributed by atoms with van der Waals surface area (Å²) >= 11 is 5.46. The molecule has 0 heterocycles. The summed E-state index contributed by atoms with van der Waals surface area (Å²) in [5.74, 6) is 0.578. The van der Waals surface area contributed by atoms with Gasteiger partial charge in [-0.25, -0.2) is 0 Å². The molecule has 2 aromatic carbocycles. The fourth-order valence-electron chi connectivity index (χ4n) is 2.30. The Bertz CT molecular complexity index is 734. The van der Waals surface area contributed by atoms with Crippen molar-refractivity contribution in [1.29, 1.82) is 0 Å². The second-order valence-electron chi connectivity index (χ2n) is 6.56. The smallest absolute Gasteiger partial charge is 0.0885 e. The molecule has 5 heteroatoms. The minimum atomic E-state index is 0. The fraction of sp³-hybridized carbons (Fsp3) is 0.310. The zero-order valence-electron chi connectivity index (χ0n) is 19.6. The van der Waals surface area contributed by atoms with Crippen molar-refractivity contribution in [2.24, 2.45) is 5.73 Å². The third kappa shape index (κ3) is 23.9. The number of hydrogen-bond acceptors (Lipinski definition) is 4. The van der Waals surface area contributed by atoms with E-state index in [4.69, 9.17) is 26.8 Å². The monoisotopic (exact) mass is 486 g/mol. The summed E-state index contributed by atoms with van der Waals surface area (Å²) in [5, 5.41) is 3.31. The number of nitrogens with one attached hydrogen (secondary N) is 1. The van der Waals surface area contributed by atoms with Crippen molar-refractivity contribution in [1.82, 2.24) is 5.32 Å². The Labute approximate surface area is 212 Å². The average Bonchev–Trinajstić information content (AvgIpc) is 2.87. The molecule has 0 aliphatic heterocycles. The minimum Gasteiger partial charge on any atom is -0.502 e. The molecule has 0 spiro atoms. The van der Waals surface area contributed by atoms with Crippen molar-refractivity contribution in [3.8, 4) is 0 Å². The lowest BCUT2D eigenvalue weighted by Crippen LogP contribution is -2.16. The second-order valence-corrected chi connectivity index (χ2v) is 6.86. The maximum absolute atomic E-state index is 5.46. The van der Waals surface area contributed by atoms with Crippen molar-refractivity contribution >= 4 is 23.8 Å². The molecular formula is C29H43ClN2O2. The molecular weight excluding hydrogens is 444 g/mol. The first-order chi connectivity index (χ1) is 16.3. The van der Waals surface area contributed by atoms with Crippen LogP contribution in [0.1, 0.15) is 31.4 Å². The first-order valence-electron chi connectivity index (χ1n) is 11.1. The predicted molar refractivity (Wildman–Crippen MR) is 152 cm³/mol. The van der Waals surface area contributed by atoms with Gasteiger partial charge in [0.25, 0.3) is 0 Å². The van der Waals surface area contributed by atoms with Crippen LogP contribution >= 0.6 is 11.6 Å². The minimum absolute atomic E-state index is 0. The van der Waals surface area contributed by atoms with Gasteiger partial charge in [0.2, 0.25) is 0 Å². The molecule has 2 aromatic rings. The van der Waals surface area contributed by atoms with Gasteiger partial charge < -0.3 is 20.5 Å². The Morgan fingerprint density at radius 2 is 1.29 bits per heavy atom. The van der Waals surface area contributed by atoms with Gasteiger partial charge in [0.15, 0.2) is 0 Å². The van der Waals surface area contributed by atoms with Crippen LogP contribution in [0.5, 0.6) is 0 Å². The van der Waals surface area contributed by atoms with Crippen LogP contribution in [0.4, 0.5) is 0 Å². The van der Waals surface area contributed by atoms with Crippen molar-refractivity contribution < 1.29 is 9.47 Å². The van der Waals surface area contributed by atoms with Crippen molar-refractivity contribution in [3.05, 3.63) is 110 Å². The van der Waals surface area contributed by atoms with E-state index in [2.05, 4.69) is 42.8 Å². The van der Waals surface area contributed by atoms with E-state index >= 15 is 0 Å². The molecule has 0 saturated carbocycles. The van der Waals surface area contributed by atoms with Gasteiger partial charge in [0, 0.05) is 12.4 Å². The Morgan fingerprint density at radius 1 is 0.794 bits per heavy atom. The fourth-order valence-corrected chi connectivity index (χ4v) is 2.39. The van der Waals surface area contributed by atoms with E-state index in [0.717, 1.165) is 32.5 Å². The predicted octanol–water partition coefficient (Wildman–Crippen LogP) is 6.91. The lowest BCUT2D eigenvalue weighted by atomic mass is 10.2. The lowest BCUT2D eigenvalue weighted by molar-refractivity contribution is 0.245. The zero-order chi connectivity index (χ0) is 24.2. The largest absolute Gasteiger partial charge is 0.502 e. The molecule has 3 N–H and O–H groups in total. The number of hydrogen-bond donors (Lipinski definition) is 2. The number of halogens is 1. The molecule has 34 heavy (non-hydrogen) atoms. The van der Waals surface area contributed by atoms with Crippen molar-refractivity contribution in [2.45, 2.75) is 20.3 Å². The van der Waals surface area contributed by atoms with Gasteiger partial charge in [-0.15, -0.1) is 11.6 Å². The topological polar surface area (TPSA) is 56.5 Å². The number of nitrogens with two attached hydrogens (primary N) is 1. The maximum Gasteiger partial charge on any atom is 0.0885 e. The highest BCUT2D eigenvalue weighted by atomic mass is 35.5. The van der Waals surface area contributed by atoms with Crippen LogP contribution in [-0.2, 0) is 9.47 Å².